The number of esters is 6. The van der Waals surface area contributed by atoms with Crippen LogP contribution in [0, 0.1) is 20.2 Å². The Hall–Kier alpha value is -11.9. The van der Waals surface area contributed by atoms with Gasteiger partial charge >= 0.3 is 35.8 Å². The molecule has 2 amide bonds. The van der Waals surface area contributed by atoms with Crippen molar-refractivity contribution < 1.29 is 155 Å². The monoisotopic (exact) mass is 1750 g/mol. The molecular formula is C76H88N10O34P2. The Morgan fingerprint density at radius 1 is 0.418 bits per heavy atom. The average molecular weight is 1750 g/mol. The zero-order valence-electron chi connectivity index (χ0n) is 66.1. The van der Waals surface area contributed by atoms with E-state index >= 15 is 4.57 Å². The fourth-order valence-electron chi connectivity index (χ4n) is 13.1. The molecule has 0 aliphatic carbocycles. The van der Waals surface area contributed by atoms with Crippen LogP contribution in [0.2, 0.25) is 0 Å². The van der Waals surface area contributed by atoms with Crippen molar-refractivity contribution >= 4 is 93.7 Å². The minimum Gasteiger partial charge on any atom is -0.463 e. The molecule has 0 aromatic heterocycles. The summed E-state index contributed by atoms with van der Waals surface area (Å²) in [7, 11) is -4.51. The van der Waals surface area contributed by atoms with Gasteiger partial charge in [0.05, 0.1) is 30.4 Å². The summed E-state index contributed by atoms with van der Waals surface area (Å²) in [6.45, 7) is 4.32. The molecule has 10 rings (SSSR count). The maximum absolute atomic E-state index is 15.1. The first-order chi connectivity index (χ1) is 58.1. The van der Waals surface area contributed by atoms with E-state index < -0.39 is 221 Å². The summed E-state index contributed by atoms with van der Waals surface area (Å²) in [6, 6.07) is 42.4. The van der Waals surface area contributed by atoms with Crippen molar-refractivity contribution in [3.05, 3.63) is 222 Å². The molecule has 656 valence electrons. The number of hydrogen-bond acceptors (Lipinski definition) is 36. The van der Waals surface area contributed by atoms with Crippen molar-refractivity contribution in [2.75, 3.05) is 40.6 Å². The SMILES string of the molecule is CC(=O)OCC1OC(O[N+](=O)[O-])C(N=[N+]=[N-])[C@H](OC(C)=O)[C@H]1OC(C)=O.CC(=O)OCC1OC(O[N+](=O)[O-])C(NC(=O)c2ccccc2P(=O)(c2ccccc2)c2ccccc2)[C@@H](OC(C)=O)[C@@H]1OC(C)=O.COC1OC(CO)C(O)C(O)C1N=[N+]=[N-].COC1OC(CO)[C@H](O)[C@H](O)C1NC(=O)c1ccccc1P(=O)(c1ccccc1)c1ccccc1. The molecule has 8 N–H and O–H groups in total. The number of ether oxygens (including phenoxy) is 12. The number of amides is 2. The molecule has 20 atom stereocenters. The minimum absolute atomic E-state index is 0.0639. The molecule has 46 heteroatoms. The maximum Gasteiger partial charge on any atom is 0.303 e. The van der Waals surface area contributed by atoms with Crippen LogP contribution in [-0.2, 0) is 104 Å². The molecule has 6 aromatic carbocycles. The Kier molecular flexibility index (Phi) is 36.8. The number of nitrogens with one attached hydrogen (secondary N) is 2. The second-order valence-electron chi connectivity index (χ2n) is 26.5. The number of carbonyl (C=O) groups is 8. The van der Waals surface area contributed by atoms with Crippen LogP contribution in [0.1, 0.15) is 62.3 Å². The van der Waals surface area contributed by atoms with Crippen LogP contribution in [0.3, 0.4) is 0 Å². The molecule has 4 aliphatic heterocycles. The molecule has 4 fully saturated rings. The normalized spacial score (nSPS) is 25.8. The van der Waals surface area contributed by atoms with Crippen LogP contribution in [-0.4, -0.2) is 252 Å². The van der Waals surface area contributed by atoms with Crippen LogP contribution in [0.15, 0.2) is 180 Å². The minimum atomic E-state index is -3.69. The highest BCUT2D eigenvalue weighted by Crippen LogP contribution is 2.45. The Bertz CT molecular complexity index is 4680. The standard InChI is InChI=1S/C31H31N2O12P.C26H28NO7P.C12H16N4O10.C7H13N3O5/c1-19(34)41-18-25-28(42-20(2)35)29(43-21(3)36)27(31(44-25)45-33(38)39)32-30(37)24-16-10-11-17-26(24)46(40,22-12-6-4-7-13-22)23-14-8-5-9-15-23;1-33-26-22(24(30)23(29)20(16-28)34-26)27-25(31)19-14-8-9-15-21(19)35(32,17-10-4-2-5-11-17)18-12-6-3-7-13-18;1-5(17)22-4-8-10(23-6(2)18)11(24-7(3)19)9(14-15-13)12(25-8)26-16(20)21;1-14-7-4(9-10-8)6(13)5(12)3(2-11)15-7/h4-17,25,27-29,31H,18H2,1-3H3,(H,32,37);2-15,20,22-24,26,28-30H,16H2,1H3,(H,27,31);8-12H,4H2,1-3H3;3-7,11-13H,2H2,1H3/t25?,27?,28-,29-,31?;20?,22?,23-,24+,26?;8?,9?,10-,11-,12?;/m100./s1. The lowest BCUT2D eigenvalue weighted by Gasteiger charge is -2.44. The summed E-state index contributed by atoms with van der Waals surface area (Å²) in [5, 5.41) is 92.4. The van der Waals surface area contributed by atoms with Crippen molar-refractivity contribution in [1.82, 2.24) is 10.6 Å². The van der Waals surface area contributed by atoms with Crippen molar-refractivity contribution in [3.8, 4) is 0 Å². The predicted molar refractivity (Wildman–Crippen MR) is 419 cm³/mol. The fourth-order valence-corrected chi connectivity index (χ4v) is 18.8. The molecule has 4 saturated heterocycles. The third-order valence-electron chi connectivity index (χ3n) is 18.4. The Morgan fingerprint density at radius 2 is 0.738 bits per heavy atom. The number of rotatable bonds is 28. The van der Waals surface area contributed by atoms with Gasteiger partial charge in [-0.25, -0.2) is 0 Å². The zero-order valence-corrected chi connectivity index (χ0v) is 67.9. The molecular weight excluding hydrogens is 1660 g/mol. The first-order valence-electron chi connectivity index (χ1n) is 36.6. The maximum atomic E-state index is 15.1. The Labute approximate surface area is 693 Å². The van der Waals surface area contributed by atoms with E-state index in [2.05, 4.69) is 35.5 Å². The second-order valence-corrected chi connectivity index (χ2v) is 32.0. The summed E-state index contributed by atoms with van der Waals surface area (Å²) in [6.07, 6.45) is -22.0. The van der Waals surface area contributed by atoms with Gasteiger partial charge in [0.15, 0.2) is 51.3 Å². The van der Waals surface area contributed by atoms with Crippen molar-refractivity contribution in [2.45, 2.75) is 164 Å². The topological polar surface area (TPSA) is 629 Å². The summed E-state index contributed by atoms with van der Waals surface area (Å²) >= 11 is 0. The number of benzene rings is 6. The number of azide groups is 2. The number of nitrogens with zero attached hydrogens (tertiary/aromatic N) is 8. The van der Waals surface area contributed by atoms with Crippen molar-refractivity contribution in [1.29, 1.82) is 0 Å². The van der Waals surface area contributed by atoms with Gasteiger partial charge in [-0.1, -0.05) is 168 Å². The van der Waals surface area contributed by atoms with E-state index in [9.17, 15) is 88.7 Å². The van der Waals surface area contributed by atoms with E-state index in [1.165, 1.54) is 20.3 Å². The summed E-state index contributed by atoms with van der Waals surface area (Å²) in [4.78, 5) is 134. The average Bonchev–Trinajstić information content (AvgIpc) is 0.752. The number of methoxy groups -OCH3 is 2. The highest BCUT2D eigenvalue weighted by atomic mass is 31.2. The smallest absolute Gasteiger partial charge is 0.303 e. The lowest BCUT2D eigenvalue weighted by atomic mass is 9.95. The highest BCUT2D eigenvalue weighted by Gasteiger charge is 2.55. The van der Waals surface area contributed by atoms with Gasteiger partial charge in [0.2, 0.25) is 12.6 Å². The molecule has 44 nitrogen and oxygen atoms in total. The van der Waals surface area contributed by atoms with Crippen LogP contribution in [0.25, 0.3) is 20.9 Å². The van der Waals surface area contributed by atoms with Gasteiger partial charge in [0, 0.05) is 97.4 Å². The van der Waals surface area contributed by atoms with Crippen LogP contribution in [0.4, 0.5) is 0 Å². The summed E-state index contributed by atoms with van der Waals surface area (Å²) in [5.41, 5.74) is 17.0. The Morgan fingerprint density at radius 3 is 1.11 bits per heavy atom. The first kappa shape index (κ1) is 97.2. The van der Waals surface area contributed by atoms with Gasteiger partial charge in [-0.3, -0.25) is 48.0 Å². The first-order valence-corrected chi connectivity index (χ1v) is 40.1. The van der Waals surface area contributed by atoms with E-state index in [-0.39, 0.29) is 16.4 Å². The van der Waals surface area contributed by atoms with Crippen molar-refractivity contribution in [2.24, 2.45) is 10.2 Å². The molecule has 14 unspecified atom stereocenters. The number of aliphatic hydroxyl groups excluding tert-OH is 6. The van der Waals surface area contributed by atoms with Gasteiger partial charge in [0.1, 0.15) is 80.1 Å². The van der Waals surface area contributed by atoms with E-state index in [4.69, 9.17) is 77.8 Å². The third-order valence-corrected chi connectivity index (χ3v) is 24.6. The summed E-state index contributed by atoms with van der Waals surface area (Å²) in [5.74, 6) is -6.35. The lowest BCUT2D eigenvalue weighted by Crippen LogP contribution is -2.67. The van der Waals surface area contributed by atoms with Gasteiger partial charge in [-0.15, -0.1) is 20.2 Å². The van der Waals surface area contributed by atoms with Crippen LogP contribution in [0.5, 0.6) is 0 Å². The van der Waals surface area contributed by atoms with Crippen molar-refractivity contribution in [3.63, 3.8) is 0 Å². The van der Waals surface area contributed by atoms with Gasteiger partial charge in [-0.05, 0) is 23.2 Å². The number of carbonyl (C=O) groups excluding carboxylic acids is 8. The van der Waals surface area contributed by atoms with Crippen LogP contribution < -0.4 is 42.5 Å². The largest absolute Gasteiger partial charge is 0.463 e. The summed E-state index contributed by atoms with van der Waals surface area (Å²) < 4.78 is 92.1. The second kappa shape index (κ2) is 46.2. The van der Waals surface area contributed by atoms with Gasteiger partial charge in [0.25, 0.3) is 22.0 Å². The third kappa shape index (κ3) is 25.1. The Balaban J connectivity index is 0.000000239. The van der Waals surface area contributed by atoms with Gasteiger partial charge in [-0.2, -0.15) is 0 Å². The van der Waals surface area contributed by atoms with Gasteiger partial charge < -0.3 is 107 Å². The van der Waals surface area contributed by atoms with E-state index in [1.54, 1.807) is 152 Å². The fraction of sp³-hybridized carbons (Fsp3) is 0.421. The molecule has 6 aromatic rings. The number of aliphatic hydroxyl groups is 6. The quantitative estimate of drug-likeness (QED) is 0.00498. The zero-order chi connectivity index (χ0) is 89.7. The molecule has 4 heterocycles. The molecule has 122 heavy (non-hydrogen) atoms. The number of hydrogen-bond donors (Lipinski definition) is 8. The van der Waals surface area contributed by atoms with E-state index in [1.807, 2.05) is 12.1 Å². The molecule has 0 saturated carbocycles. The molecule has 0 radical (unpaired) electrons. The van der Waals surface area contributed by atoms with E-state index in [0.717, 1.165) is 41.5 Å². The van der Waals surface area contributed by atoms with E-state index in [0.29, 0.717) is 26.5 Å². The molecule has 0 bridgehead atoms. The molecule has 0 spiro atoms. The highest BCUT2D eigenvalue weighted by molar-refractivity contribution is 7.86. The lowest BCUT2D eigenvalue weighted by molar-refractivity contribution is -0.783. The molecule has 4 aliphatic rings. The predicted octanol–water partition coefficient (Wildman–Crippen LogP) is 1.07. The van der Waals surface area contributed by atoms with Crippen LogP contribution >= 0.6 is 14.3 Å².